The van der Waals surface area contributed by atoms with Gasteiger partial charge in [0.05, 0.1) is 15.5 Å². The third kappa shape index (κ3) is 2.10. The summed E-state index contributed by atoms with van der Waals surface area (Å²) in [6.45, 7) is 0. The molecule has 0 saturated carbocycles. The molecule has 0 amide bonds. The molecular weight excluding hydrogens is 296 g/mol. The molecule has 1 aliphatic rings. The SMILES string of the molecule is Cn1nc(-c2cccc3c2Oc2ccccc2S3)ccc1=O. The number of aromatic nitrogens is 2. The van der Waals surface area contributed by atoms with Gasteiger partial charge in [0, 0.05) is 18.7 Å². The van der Waals surface area contributed by atoms with Crippen LogP contribution in [0.4, 0.5) is 0 Å². The van der Waals surface area contributed by atoms with Gasteiger partial charge in [-0.3, -0.25) is 4.79 Å². The summed E-state index contributed by atoms with van der Waals surface area (Å²) in [5, 5.41) is 4.32. The van der Waals surface area contributed by atoms with E-state index in [2.05, 4.69) is 5.10 Å². The van der Waals surface area contributed by atoms with Crippen molar-refractivity contribution < 1.29 is 4.74 Å². The zero-order valence-electron chi connectivity index (χ0n) is 11.8. The molecule has 0 radical (unpaired) electrons. The van der Waals surface area contributed by atoms with E-state index in [0.29, 0.717) is 0 Å². The van der Waals surface area contributed by atoms with Gasteiger partial charge in [-0.25, -0.2) is 4.68 Å². The number of rotatable bonds is 1. The molecule has 0 aliphatic carbocycles. The van der Waals surface area contributed by atoms with Crippen LogP contribution in [0.2, 0.25) is 0 Å². The van der Waals surface area contributed by atoms with Crippen molar-refractivity contribution >= 4 is 11.8 Å². The molecule has 22 heavy (non-hydrogen) atoms. The van der Waals surface area contributed by atoms with Crippen LogP contribution in [0.15, 0.2) is 69.2 Å². The van der Waals surface area contributed by atoms with Crippen LogP contribution in [0.25, 0.3) is 11.3 Å². The first-order valence-corrected chi connectivity index (χ1v) is 7.66. The molecule has 0 unspecified atom stereocenters. The Morgan fingerprint density at radius 1 is 1.00 bits per heavy atom. The first-order chi connectivity index (χ1) is 10.7. The Kier molecular flexibility index (Phi) is 3.01. The second-order valence-corrected chi connectivity index (χ2v) is 6.05. The Bertz CT molecular complexity index is 934. The van der Waals surface area contributed by atoms with Crippen LogP contribution in [0.3, 0.4) is 0 Å². The van der Waals surface area contributed by atoms with Gasteiger partial charge in [-0.15, -0.1) is 0 Å². The highest BCUT2D eigenvalue weighted by molar-refractivity contribution is 7.99. The summed E-state index contributed by atoms with van der Waals surface area (Å²) in [4.78, 5) is 13.7. The first kappa shape index (κ1) is 13.2. The molecule has 0 N–H and O–H groups in total. The molecule has 2 heterocycles. The zero-order chi connectivity index (χ0) is 15.1. The van der Waals surface area contributed by atoms with Gasteiger partial charge in [-0.2, -0.15) is 5.10 Å². The minimum absolute atomic E-state index is 0.130. The zero-order valence-corrected chi connectivity index (χ0v) is 12.6. The van der Waals surface area contributed by atoms with Gasteiger partial charge < -0.3 is 4.74 Å². The van der Waals surface area contributed by atoms with Crippen molar-refractivity contribution in [1.82, 2.24) is 9.78 Å². The molecule has 1 aromatic heterocycles. The summed E-state index contributed by atoms with van der Waals surface area (Å²) >= 11 is 1.68. The van der Waals surface area contributed by atoms with Gasteiger partial charge in [0.2, 0.25) is 0 Å². The number of hydrogen-bond acceptors (Lipinski definition) is 4. The lowest BCUT2D eigenvalue weighted by Gasteiger charge is -2.21. The first-order valence-electron chi connectivity index (χ1n) is 6.85. The predicted octanol–water partition coefficient (Wildman–Crippen LogP) is 3.70. The van der Waals surface area contributed by atoms with Crippen LogP contribution in [0.5, 0.6) is 11.5 Å². The highest BCUT2D eigenvalue weighted by atomic mass is 32.2. The van der Waals surface area contributed by atoms with Gasteiger partial charge in [0.15, 0.2) is 5.75 Å². The van der Waals surface area contributed by atoms with E-state index in [1.54, 1.807) is 24.9 Å². The molecule has 0 atom stereocenters. The van der Waals surface area contributed by atoms with E-state index in [4.69, 9.17) is 4.74 Å². The van der Waals surface area contributed by atoms with Gasteiger partial charge in [0.1, 0.15) is 5.75 Å². The van der Waals surface area contributed by atoms with Crippen LogP contribution in [-0.2, 0) is 7.05 Å². The van der Waals surface area contributed by atoms with E-state index in [0.717, 1.165) is 32.5 Å². The number of nitrogens with zero attached hydrogens (tertiary/aromatic N) is 2. The topological polar surface area (TPSA) is 44.1 Å². The second-order valence-electron chi connectivity index (χ2n) is 4.96. The van der Waals surface area contributed by atoms with E-state index < -0.39 is 0 Å². The lowest BCUT2D eigenvalue weighted by Crippen LogP contribution is -2.18. The number of para-hydroxylation sites is 2. The maximum atomic E-state index is 11.5. The number of benzene rings is 2. The van der Waals surface area contributed by atoms with E-state index >= 15 is 0 Å². The normalized spacial score (nSPS) is 12.2. The van der Waals surface area contributed by atoms with E-state index in [1.807, 2.05) is 42.5 Å². The van der Waals surface area contributed by atoms with Crippen LogP contribution in [0.1, 0.15) is 0 Å². The number of aryl methyl sites for hydroxylation is 1. The van der Waals surface area contributed by atoms with Crippen molar-refractivity contribution in [3.05, 3.63) is 65.0 Å². The standard InChI is InChI=1S/C17H12N2O2S/c1-19-16(20)10-9-12(18-19)11-5-4-8-15-17(11)21-13-6-2-3-7-14(13)22-15/h2-10H,1H3. The van der Waals surface area contributed by atoms with Crippen molar-refractivity contribution in [2.24, 2.45) is 7.05 Å². The summed E-state index contributed by atoms with van der Waals surface area (Å²) in [7, 11) is 1.64. The molecule has 0 spiro atoms. The van der Waals surface area contributed by atoms with Crippen molar-refractivity contribution in [3.63, 3.8) is 0 Å². The smallest absolute Gasteiger partial charge is 0.266 e. The lowest BCUT2D eigenvalue weighted by molar-refractivity contribution is 0.456. The van der Waals surface area contributed by atoms with Crippen molar-refractivity contribution in [3.8, 4) is 22.8 Å². The fourth-order valence-corrected chi connectivity index (χ4v) is 3.38. The monoisotopic (exact) mass is 308 g/mol. The maximum Gasteiger partial charge on any atom is 0.266 e. The van der Waals surface area contributed by atoms with Crippen molar-refractivity contribution in [1.29, 1.82) is 0 Å². The molecule has 108 valence electrons. The molecule has 3 aromatic rings. The Balaban J connectivity index is 1.87. The Labute approximate surface area is 131 Å². The Morgan fingerprint density at radius 3 is 2.68 bits per heavy atom. The third-order valence-electron chi connectivity index (χ3n) is 3.50. The summed E-state index contributed by atoms with van der Waals surface area (Å²) in [6, 6.07) is 17.2. The highest BCUT2D eigenvalue weighted by Gasteiger charge is 2.21. The molecular formula is C17H12N2O2S. The molecule has 0 bridgehead atoms. The molecule has 4 rings (SSSR count). The minimum Gasteiger partial charge on any atom is -0.454 e. The number of hydrogen-bond donors (Lipinski definition) is 0. The summed E-state index contributed by atoms with van der Waals surface area (Å²) in [5.41, 5.74) is 1.48. The third-order valence-corrected chi connectivity index (χ3v) is 4.59. The summed E-state index contributed by atoms with van der Waals surface area (Å²) < 4.78 is 7.42. The quantitative estimate of drug-likeness (QED) is 0.538. The van der Waals surface area contributed by atoms with Gasteiger partial charge in [-0.05, 0) is 30.3 Å². The van der Waals surface area contributed by atoms with E-state index in [1.165, 1.54) is 10.7 Å². The molecule has 0 saturated heterocycles. The van der Waals surface area contributed by atoms with E-state index in [9.17, 15) is 4.79 Å². The molecule has 2 aromatic carbocycles. The van der Waals surface area contributed by atoms with Crippen LogP contribution < -0.4 is 10.3 Å². The number of ether oxygens (including phenoxy) is 1. The van der Waals surface area contributed by atoms with Crippen LogP contribution >= 0.6 is 11.8 Å². The molecule has 0 fully saturated rings. The molecule has 1 aliphatic heterocycles. The van der Waals surface area contributed by atoms with Crippen LogP contribution in [0, 0.1) is 0 Å². The van der Waals surface area contributed by atoms with Gasteiger partial charge in [0.25, 0.3) is 5.56 Å². The minimum atomic E-state index is -0.130. The average Bonchev–Trinajstić information content (AvgIpc) is 2.55. The van der Waals surface area contributed by atoms with Gasteiger partial charge in [-0.1, -0.05) is 30.0 Å². The molecule has 5 heteroatoms. The predicted molar refractivity (Wildman–Crippen MR) is 85.6 cm³/mol. The van der Waals surface area contributed by atoms with Crippen molar-refractivity contribution in [2.45, 2.75) is 9.79 Å². The largest absolute Gasteiger partial charge is 0.454 e. The fourth-order valence-electron chi connectivity index (χ4n) is 2.40. The summed E-state index contributed by atoms with van der Waals surface area (Å²) in [5.74, 6) is 1.63. The fraction of sp³-hybridized carbons (Fsp3) is 0.0588. The summed E-state index contributed by atoms with van der Waals surface area (Å²) in [6.07, 6.45) is 0. The molecule has 4 nitrogen and oxygen atoms in total. The average molecular weight is 308 g/mol. The number of fused-ring (bicyclic) bond motifs is 2. The van der Waals surface area contributed by atoms with Crippen LogP contribution in [-0.4, -0.2) is 9.78 Å². The highest BCUT2D eigenvalue weighted by Crippen LogP contribution is 2.50. The maximum absolute atomic E-state index is 11.5. The van der Waals surface area contributed by atoms with E-state index in [-0.39, 0.29) is 5.56 Å². The second kappa shape index (κ2) is 5.03. The van der Waals surface area contributed by atoms with Crippen molar-refractivity contribution in [2.75, 3.05) is 0 Å². The van der Waals surface area contributed by atoms with Gasteiger partial charge >= 0.3 is 0 Å². The Morgan fingerprint density at radius 2 is 1.82 bits per heavy atom. The Hall–Kier alpha value is -2.53. The lowest BCUT2D eigenvalue weighted by atomic mass is 10.1.